The molecule has 4 aliphatic carbocycles. The van der Waals surface area contributed by atoms with E-state index in [2.05, 4.69) is 20.4 Å². The van der Waals surface area contributed by atoms with E-state index >= 15 is 0 Å². The zero-order valence-corrected chi connectivity index (χ0v) is 16.3. The van der Waals surface area contributed by atoms with Crippen molar-refractivity contribution in [3.8, 4) is 0 Å². The highest BCUT2D eigenvalue weighted by Crippen LogP contribution is 2.64. The molecule has 4 fully saturated rings. The van der Waals surface area contributed by atoms with E-state index < -0.39 is 0 Å². The van der Waals surface area contributed by atoms with Crippen molar-refractivity contribution in [1.82, 2.24) is 0 Å². The van der Waals surface area contributed by atoms with Gasteiger partial charge in [-0.3, -0.25) is 4.79 Å². The van der Waals surface area contributed by atoms with Gasteiger partial charge in [-0.25, -0.2) is 0 Å². The van der Waals surface area contributed by atoms with Crippen molar-refractivity contribution in [3.05, 3.63) is 12.2 Å². The van der Waals surface area contributed by atoms with Crippen LogP contribution >= 0.6 is 0 Å². The Bertz CT molecular complexity index is 578. The van der Waals surface area contributed by atoms with Gasteiger partial charge in [-0.05, 0) is 61.2 Å². The van der Waals surface area contributed by atoms with E-state index in [-0.39, 0.29) is 11.2 Å². The Kier molecular flexibility index (Phi) is 4.20. The Labute approximate surface area is 152 Å². The maximum Gasteiger partial charge on any atom is 0.167 e. The quantitative estimate of drug-likeness (QED) is 0.541. The fraction of sp³-hybridized carbons (Fsp3) is 0.864. The maximum atomic E-state index is 12.6. The summed E-state index contributed by atoms with van der Waals surface area (Å²) in [6.07, 6.45) is 7.21. The molecule has 3 nitrogen and oxygen atoms in total. The molecule has 4 aliphatic rings. The molecule has 0 aromatic rings. The maximum absolute atomic E-state index is 12.6. The summed E-state index contributed by atoms with van der Waals surface area (Å²) in [7, 11) is 3.57. The molecule has 0 aliphatic heterocycles. The Hall–Kier alpha value is -0.670. The van der Waals surface area contributed by atoms with E-state index in [9.17, 15) is 4.79 Å². The molecule has 140 valence electrons. The van der Waals surface area contributed by atoms with Gasteiger partial charge in [0.15, 0.2) is 5.79 Å². The summed E-state index contributed by atoms with van der Waals surface area (Å²) in [5.41, 5.74) is 1.24. The topological polar surface area (TPSA) is 35.5 Å². The SMILES string of the molecule is C=C1C[C@]2(C)C(=O)CCC2C2C1C1CCC(OC)(OC)CC1C[C@H]2C. The number of rotatable bonds is 2. The Morgan fingerprint density at radius 2 is 1.92 bits per heavy atom. The van der Waals surface area contributed by atoms with Crippen LogP contribution in [0.5, 0.6) is 0 Å². The van der Waals surface area contributed by atoms with Gasteiger partial charge in [-0.1, -0.05) is 26.0 Å². The van der Waals surface area contributed by atoms with Gasteiger partial charge < -0.3 is 9.47 Å². The molecular formula is C22H34O3. The minimum Gasteiger partial charge on any atom is -0.353 e. The average Bonchev–Trinajstić information content (AvgIpc) is 2.88. The van der Waals surface area contributed by atoms with E-state index in [0.717, 1.165) is 38.5 Å². The average molecular weight is 347 g/mol. The third kappa shape index (κ3) is 2.41. The lowest BCUT2D eigenvalue weighted by molar-refractivity contribution is -0.247. The van der Waals surface area contributed by atoms with Crippen molar-refractivity contribution in [2.45, 2.75) is 64.6 Å². The normalized spacial score (nSPS) is 48.6. The van der Waals surface area contributed by atoms with Gasteiger partial charge in [-0.15, -0.1) is 0 Å². The first-order valence-corrected chi connectivity index (χ1v) is 10.2. The van der Waals surface area contributed by atoms with Crippen LogP contribution in [0.15, 0.2) is 12.2 Å². The summed E-state index contributed by atoms with van der Waals surface area (Å²) in [4.78, 5) is 12.6. The highest BCUT2D eigenvalue weighted by atomic mass is 16.7. The van der Waals surface area contributed by atoms with Crippen LogP contribution in [-0.4, -0.2) is 25.8 Å². The molecule has 4 saturated carbocycles. The smallest absolute Gasteiger partial charge is 0.167 e. The molecule has 0 amide bonds. The second-order valence-electron chi connectivity index (χ2n) is 9.62. The molecule has 5 unspecified atom stereocenters. The van der Waals surface area contributed by atoms with Crippen molar-refractivity contribution in [1.29, 1.82) is 0 Å². The van der Waals surface area contributed by atoms with Crippen LogP contribution in [0.1, 0.15) is 58.8 Å². The number of hydrogen-bond donors (Lipinski definition) is 0. The predicted molar refractivity (Wildman–Crippen MR) is 97.9 cm³/mol. The summed E-state index contributed by atoms with van der Waals surface area (Å²) in [6, 6.07) is 0. The number of methoxy groups -OCH3 is 2. The molecule has 7 atom stereocenters. The molecule has 0 N–H and O–H groups in total. The summed E-state index contributed by atoms with van der Waals surface area (Å²) >= 11 is 0. The molecule has 0 aromatic carbocycles. The monoisotopic (exact) mass is 346 g/mol. The lowest BCUT2D eigenvalue weighted by Gasteiger charge is -2.59. The summed E-state index contributed by atoms with van der Waals surface area (Å²) in [5, 5.41) is 0. The zero-order valence-electron chi connectivity index (χ0n) is 16.3. The molecule has 25 heavy (non-hydrogen) atoms. The van der Waals surface area contributed by atoms with Crippen LogP contribution in [-0.2, 0) is 14.3 Å². The predicted octanol–water partition coefficient (Wildman–Crippen LogP) is 4.61. The standard InChI is InChI=1S/C22H34O3/c1-13-10-15-12-22(24-4,25-5)9-8-16(15)19-14(2)11-21(3)17(20(13)19)6-7-18(21)23/h13,15-17,19-20H,2,6-12H2,1,3-5H3/t13-,15?,16?,17?,19?,20?,21+/m1/s1. The van der Waals surface area contributed by atoms with E-state index in [4.69, 9.17) is 9.47 Å². The lowest BCUT2D eigenvalue weighted by atomic mass is 9.47. The first-order chi connectivity index (χ1) is 11.8. The Balaban J connectivity index is 1.65. The van der Waals surface area contributed by atoms with Crippen LogP contribution < -0.4 is 0 Å². The van der Waals surface area contributed by atoms with Gasteiger partial charge in [-0.2, -0.15) is 0 Å². The number of carbonyl (C=O) groups excluding carboxylic acids is 1. The van der Waals surface area contributed by atoms with Gasteiger partial charge in [0, 0.05) is 38.9 Å². The van der Waals surface area contributed by atoms with E-state index in [1.54, 1.807) is 14.2 Å². The molecule has 0 aromatic heterocycles. The summed E-state index contributed by atoms with van der Waals surface area (Å²) in [5.74, 6) is 3.94. The van der Waals surface area contributed by atoms with Crippen LogP contribution in [0, 0.1) is 40.9 Å². The largest absolute Gasteiger partial charge is 0.353 e. The van der Waals surface area contributed by atoms with Gasteiger partial charge in [0.1, 0.15) is 5.78 Å². The van der Waals surface area contributed by atoms with Crippen LogP contribution in [0.3, 0.4) is 0 Å². The fourth-order valence-corrected chi connectivity index (χ4v) is 7.49. The van der Waals surface area contributed by atoms with Crippen molar-refractivity contribution in [3.63, 3.8) is 0 Å². The number of fused-ring (bicyclic) bond motifs is 5. The van der Waals surface area contributed by atoms with E-state index in [1.165, 1.54) is 12.0 Å². The highest BCUT2D eigenvalue weighted by Gasteiger charge is 2.60. The molecule has 0 bridgehead atoms. The third-order valence-corrected chi connectivity index (χ3v) is 8.66. The van der Waals surface area contributed by atoms with E-state index in [1.807, 2.05) is 0 Å². The summed E-state index contributed by atoms with van der Waals surface area (Å²) < 4.78 is 11.6. The minimum atomic E-state index is -0.387. The molecule has 0 saturated heterocycles. The first-order valence-electron chi connectivity index (χ1n) is 10.2. The number of Topliss-reactive ketones (excluding diaryl/α,β-unsaturated/α-hetero) is 1. The molecule has 3 heteroatoms. The molecular weight excluding hydrogens is 312 g/mol. The third-order valence-electron chi connectivity index (χ3n) is 8.66. The second kappa shape index (κ2) is 5.92. The molecule has 0 spiro atoms. The first kappa shape index (κ1) is 17.7. The number of carbonyl (C=O) groups is 1. The van der Waals surface area contributed by atoms with Crippen LogP contribution in [0.25, 0.3) is 0 Å². The number of hydrogen-bond acceptors (Lipinski definition) is 3. The van der Waals surface area contributed by atoms with Gasteiger partial charge >= 0.3 is 0 Å². The zero-order chi connectivity index (χ0) is 18.0. The van der Waals surface area contributed by atoms with E-state index in [0.29, 0.717) is 41.3 Å². The van der Waals surface area contributed by atoms with Gasteiger partial charge in [0.25, 0.3) is 0 Å². The minimum absolute atomic E-state index is 0.128. The Morgan fingerprint density at radius 1 is 1.20 bits per heavy atom. The molecule has 4 rings (SSSR count). The Morgan fingerprint density at radius 3 is 2.60 bits per heavy atom. The molecule has 0 heterocycles. The second-order valence-corrected chi connectivity index (χ2v) is 9.62. The van der Waals surface area contributed by atoms with Crippen molar-refractivity contribution >= 4 is 5.78 Å². The van der Waals surface area contributed by atoms with Crippen molar-refractivity contribution < 1.29 is 14.3 Å². The fourth-order valence-electron chi connectivity index (χ4n) is 7.49. The van der Waals surface area contributed by atoms with Gasteiger partial charge in [0.2, 0.25) is 0 Å². The number of allylic oxidation sites excluding steroid dienone is 1. The lowest BCUT2D eigenvalue weighted by Crippen LogP contribution is -2.54. The van der Waals surface area contributed by atoms with Crippen LogP contribution in [0.2, 0.25) is 0 Å². The molecule has 0 radical (unpaired) electrons. The number of ketones is 1. The van der Waals surface area contributed by atoms with Gasteiger partial charge in [0.05, 0.1) is 0 Å². The summed E-state index contributed by atoms with van der Waals surface area (Å²) in [6.45, 7) is 9.18. The highest BCUT2D eigenvalue weighted by molar-refractivity contribution is 5.87. The van der Waals surface area contributed by atoms with Crippen molar-refractivity contribution in [2.24, 2.45) is 40.9 Å². The van der Waals surface area contributed by atoms with Crippen molar-refractivity contribution in [2.75, 3.05) is 14.2 Å². The van der Waals surface area contributed by atoms with Crippen LogP contribution in [0.4, 0.5) is 0 Å². The number of ether oxygens (including phenoxy) is 2.